The molecule has 0 aliphatic carbocycles. The number of halogens is 1. The van der Waals surface area contributed by atoms with Gasteiger partial charge in [0, 0.05) is 55.7 Å². The van der Waals surface area contributed by atoms with Crippen LogP contribution in [-0.2, 0) is 4.74 Å². The van der Waals surface area contributed by atoms with E-state index in [2.05, 4.69) is 27.3 Å². The number of fused-ring (bicyclic) bond motifs is 1. The molecule has 1 N–H and O–H groups in total. The molecule has 0 bridgehead atoms. The highest BCUT2D eigenvalue weighted by Gasteiger charge is 2.21. The van der Waals surface area contributed by atoms with Crippen molar-refractivity contribution < 1.29 is 9.13 Å². The smallest absolute Gasteiger partial charge is 0.133 e. The molecule has 0 spiro atoms. The van der Waals surface area contributed by atoms with Crippen LogP contribution in [0.4, 0.5) is 15.9 Å². The molecule has 5 rings (SSSR count). The van der Waals surface area contributed by atoms with Gasteiger partial charge < -0.3 is 15.0 Å². The van der Waals surface area contributed by atoms with Gasteiger partial charge in [-0.05, 0) is 73.2 Å². The quantitative estimate of drug-likeness (QED) is 0.302. The number of benzene rings is 2. The molecule has 188 valence electrons. The van der Waals surface area contributed by atoms with Gasteiger partial charge in [-0.15, -0.1) is 0 Å². The molecular formula is C30H30FN5O. The Morgan fingerprint density at radius 2 is 1.84 bits per heavy atom. The van der Waals surface area contributed by atoms with E-state index < -0.39 is 0 Å². The number of rotatable bonds is 7. The molecular weight excluding hydrogens is 465 g/mol. The van der Waals surface area contributed by atoms with E-state index in [9.17, 15) is 9.65 Å². The number of nitrogens with zero attached hydrogens (tertiary/aromatic N) is 4. The lowest BCUT2D eigenvalue weighted by Gasteiger charge is -2.32. The minimum Gasteiger partial charge on any atom is -0.383 e. The van der Waals surface area contributed by atoms with Gasteiger partial charge in [0.25, 0.3) is 0 Å². The first-order chi connectivity index (χ1) is 18.1. The predicted molar refractivity (Wildman–Crippen MR) is 146 cm³/mol. The SMILES string of the molecule is COCCNc1ncc(C#N)cc1-c1ccc2ncc(-c3cc(C)cc(F)c3)c(N3CCCCC3)c2c1. The zero-order valence-electron chi connectivity index (χ0n) is 21.2. The van der Waals surface area contributed by atoms with Gasteiger partial charge in [0.15, 0.2) is 0 Å². The molecule has 7 heteroatoms. The second kappa shape index (κ2) is 10.9. The highest BCUT2D eigenvalue weighted by molar-refractivity contribution is 6.02. The summed E-state index contributed by atoms with van der Waals surface area (Å²) in [5.41, 5.74) is 6.85. The van der Waals surface area contributed by atoms with Crippen LogP contribution in [0, 0.1) is 24.1 Å². The average Bonchev–Trinajstić information content (AvgIpc) is 2.92. The Balaban J connectivity index is 1.71. The minimum absolute atomic E-state index is 0.250. The van der Waals surface area contributed by atoms with E-state index >= 15 is 0 Å². The van der Waals surface area contributed by atoms with Crippen molar-refractivity contribution in [2.75, 3.05) is 43.6 Å². The minimum atomic E-state index is -0.250. The summed E-state index contributed by atoms with van der Waals surface area (Å²) in [5, 5.41) is 13.9. The van der Waals surface area contributed by atoms with Gasteiger partial charge in [-0.3, -0.25) is 4.98 Å². The van der Waals surface area contributed by atoms with E-state index in [1.54, 1.807) is 25.4 Å². The molecule has 1 fully saturated rings. The fraction of sp³-hybridized carbons (Fsp3) is 0.300. The normalized spacial score (nSPS) is 13.5. The average molecular weight is 496 g/mol. The molecule has 37 heavy (non-hydrogen) atoms. The van der Waals surface area contributed by atoms with Crippen LogP contribution in [0.1, 0.15) is 30.4 Å². The third-order valence-corrected chi connectivity index (χ3v) is 6.79. The first-order valence-electron chi connectivity index (χ1n) is 12.7. The number of hydrogen-bond acceptors (Lipinski definition) is 6. The van der Waals surface area contributed by atoms with Gasteiger partial charge in [-0.1, -0.05) is 12.1 Å². The Kier molecular flexibility index (Phi) is 7.29. The molecule has 3 heterocycles. The molecule has 2 aromatic carbocycles. The number of nitrogens with one attached hydrogen (secondary N) is 1. The fourth-order valence-electron chi connectivity index (χ4n) is 5.07. The number of pyridine rings is 2. The van der Waals surface area contributed by atoms with Crippen molar-refractivity contribution in [2.24, 2.45) is 0 Å². The van der Waals surface area contributed by atoms with Crippen molar-refractivity contribution in [1.29, 1.82) is 5.26 Å². The lowest BCUT2D eigenvalue weighted by atomic mass is 9.96. The summed E-state index contributed by atoms with van der Waals surface area (Å²) in [5.74, 6) is 0.444. The summed E-state index contributed by atoms with van der Waals surface area (Å²) in [4.78, 5) is 11.7. The first kappa shape index (κ1) is 24.7. The second-order valence-electron chi connectivity index (χ2n) is 9.47. The molecule has 0 atom stereocenters. The number of aromatic nitrogens is 2. The third-order valence-electron chi connectivity index (χ3n) is 6.79. The van der Waals surface area contributed by atoms with Gasteiger partial charge in [-0.2, -0.15) is 5.26 Å². The molecule has 1 aliphatic heterocycles. The summed E-state index contributed by atoms with van der Waals surface area (Å²) < 4.78 is 19.6. The van der Waals surface area contributed by atoms with Gasteiger partial charge in [-0.25, -0.2) is 9.37 Å². The Hall–Kier alpha value is -4.02. The van der Waals surface area contributed by atoms with E-state index in [1.165, 1.54) is 6.42 Å². The van der Waals surface area contributed by atoms with Crippen molar-refractivity contribution >= 4 is 22.4 Å². The molecule has 1 aliphatic rings. The topological polar surface area (TPSA) is 74.1 Å². The van der Waals surface area contributed by atoms with E-state index in [4.69, 9.17) is 9.72 Å². The van der Waals surface area contributed by atoms with Gasteiger partial charge in [0.2, 0.25) is 0 Å². The molecule has 0 unspecified atom stereocenters. The van der Waals surface area contributed by atoms with Gasteiger partial charge >= 0.3 is 0 Å². The van der Waals surface area contributed by atoms with Crippen LogP contribution in [0.2, 0.25) is 0 Å². The standard InChI is InChI=1S/C30H30FN5O/c1-20-12-23(15-24(31)13-20)27-19-34-28-7-6-22(16-26(28)29(27)36-9-4-3-5-10-36)25-14-21(17-32)18-35-30(25)33-8-11-37-2/h6-7,12-16,18-19H,3-5,8-11H2,1-2H3,(H,33,35). The van der Waals surface area contributed by atoms with E-state index in [1.807, 2.05) is 37.4 Å². The Morgan fingerprint density at radius 1 is 1.00 bits per heavy atom. The Bertz CT molecular complexity index is 1450. The maximum absolute atomic E-state index is 14.4. The van der Waals surface area contributed by atoms with Crippen molar-refractivity contribution in [3.63, 3.8) is 0 Å². The summed E-state index contributed by atoms with van der Waals surface area (Å²) in [7, 11) is 1.66. The lowest BCUT2D eigenvalue weighted by Crippen LogP contribution is -2.30. The number of methoxy groups -OCH3 is 1. The lowest BCUT2D eigenvalue weighted by molar-refractivity contribution is 0.210. The summed E-state index contributed by atoms with van der Waals surface area (Å²) in [6, 6.07) is 15.4. The van der Waals surface area contributed by atoms with E-state index in [-0.39, 0.29) is 5.82 Å². The highest BCUT2D eigenvalue weighted by atomic mass is 19.1. The molecule has 0 saturated carbocycles. The molecule has 0 amide bonds. The highest BCUT2D eigenvalue weighted by Crippen LogP contribution is 2.40. The number of aryl methyl sites for hydroxylation is 1. The zero-order chi connectivity index (χ0) is 25.8. The Labute approximate surface area is 216 Å². The summed E-state index contributed by atoms with van der Waals surface area (Å²) >= 11 is 0. The van der Waals surface area contributed by atoms with Crippen LogP contribution < -0.4 is 10.2 Å². The van der Waals surface area contributed by atoms with Crippen LogP contribution in [0.25, 0.3) is 33.2 Å². The monoisotopic (exact) mass is 495 g/mol. The van der Waals surface area contributed by atoms with Crippen LogP contribution in [0.5, 0.6) is 0 Å². The maximum atomic E-state index is 14.4. The third kappa shape index (κ3) is 5.25. The number of anilines is 2. The largest absolute Gasteiger partial charge is 0.383 e. The van der Waals surface area contributed by atoms with Crippen molar-refractivity contribution in [3.05, 3.63) is 71.8 Å². The van der Waals surface area contributed by atoms with Crippen molar-refractivity contribution in [3.8, 4) is 28.3 Å². The Morgan fingerprint density at radius 3 is 2.59 bits per heavy atom. The van der Waals surface area contributed by atoms with Crippen LogP contribution in [0.15, 0.2) is 54.9 Å². The first-order valence-corrected chi connectivity index (χ1v) is 12.7. The zero-order valence-corrected chi connectivity index (χ0v) is 21.2. The van der Waals surface area contributed by atoms with E-state index in [0.29, 0.717) is 24.5 Å². The molecule has 1 saturated heterocycles. The number of hydrogen-bond donors (Lipinski definition) is 1. The molecule has 4 aromatic rings. The molecule has 2 aromatic heterocycles. The van der Waals surface area contributed by atoms with Crippen LogP contribution in [0.3, 0.4) is 0 Å². The van der Waals surface area contributed by atoms with Crippen molar-refractivity contribution in [2.45, 2.75) is 26.2 Å². The van der Waals surface area contributed by atoms with Gasteiger partial charge in [0.1, 0.15) is 17.7 Å². The summed E-state index contributed by atoms with van der Waals surface area (Å²) in [6.45, 7) is 4.94. The number of nitriles is 1. The molecule has 6 nitrogen and oxygen atoms in total. The van der Waals surface area contributed by atoms with Crippen LogP contribution in [-0.4, -0.2) is 43.3 Å². The number of ether oxygens (including phenoxy) is 1. The maximum Gasteiger partial charge on any atom is 0.133 e. The second-order valence-corrected chi connectivity index (χ2v) is 9.47. The van der Waals surface area contributed by atoms with Crippen molar-refractivity contribution in [1.82, 2.24) is 9.97 Å². The van der Waals surface area contributed by atoms with Gasteiger partial charge in [0.05, 0.1) is 23.4 Å². The fourth-order valence-corrected chi connectivity index (χ4v) is 5.07. The molecule has 0 radical (unpaired) electrons. The predicted octanol–water partition coefficient (Wildman–Crippen LogP) is 6.33. The van der Waals surface area contributed by atoms with Crippen LogP contribution >= 0.6 is 0 Å². The number of piperidine rings is 1. The summed E-state index contributed by atoms with van der Waals surface area (Å²) in [6.07, 6.45) is 6.89. The van der Waals surface area contributed by atoms with E-state index in [0.717, 1.165) is 70.3 Å².